The number of carbonyl (C=O) groups excluding carboxylic acids is 2. The number of methoxy groups -OCH3 is 1. The summed E-state index contributed by atoms with van der Waals surface area (Å²) in [5, 5.41) is 3.92. The number of hydrogen-bond acceptors (Lipinski definition) is 5. The highest BCUT2D eigenvalue weighted by molar-refractivity contribution is 6.38. The molecule has 0 saturated carbocycles. The summed E-state index contributed by atoms with van der Waals surface area (Å²) >= 11 is 0. The molecule has 0 heterocycles. The molecule has 0 aromatic heterocycles. The Kier molecular flexibility index (Phi) is 4.59. The number of benzene rings is 1. The Morgan fingerprint density at radius 3 is 2.50 bits per heavy atom. The predicted molar refractivity (Wildman–Crippen MR) is 69.9 cm³/mol. The molecule has 0 atom stereocenters. The number of carbonyl (C=O) groups is 2. The second-order valence-corrected chi connectivity index (χ2v) is 3.91. The fraction of sp³-hybridized carbons (Fsp3) is 0.308. The van der Waals surface area contributed by atoms with Crippen LogP contribution in [0, 0.1) is 6.92 Å². The molecule has 1 aromatic carbocycles. The summed E-state index contributed by atoms with van der Waals surface area (Å²) in [5.41, 5.74) is 4.92. The van der Waals surface area contributed by atoms with Gasteiger partial charge in [-0.1, -0.05) is 6.07 Å². The van der Waals surface area contributed by atoms with Gasteiger partial charge in [0.1, 0.15) is 5.71 Å². The van der Waals surface area contributed by atoms with Gasteiger partial charge in [-0.25, -0.2) is 4.79 Å². The van der Waals surface area contributed by atoms with Gasteiger partial charge in [0.15, 0.2) is 5.78 Å². The highest BCUT2D eigenvalue weighted by Gasteiger charge is 2.11. The van der Waals surface area contributed by atoms with Crippen molar-refractivity contribution in [3.63, 3.8) is 0 Å². The van der Waals surface area contributed by atoms with E-state index >= 15 is 0 Å². The Labute approximate surface area is 106 Å². The van der Waals surface area contributed by atoms with E-state index in [0.717, 1.165) is 5.56 Å². The zero-order valence-corrected chi connectivity index (χ0v) is 10.9. The third-order valence-corrected chi connectivity index (χ3v) is 2.43. The molecule has 0 saturated heterocycles. The maximum atomic E-state index is 11.5. The first-order valence-corrected chi connectivity index (χ1v) is 5.46. The fourth-order valence-corrected chi connectivity index (χ4v) is 1.26. The summed E-state index contributed by atoms with van der Waals surface area (Å²) in [6.07, 6.45) is 0. The summed E-state index contributed by atoms with van der Waals surface area (Å²) in [5.74, 6) is -0.581. The summed E-state index contributed by atoms with van der Waals surface area (Å²) in [6.45, 7) is 4.93. The van der Waals surface area contributed by atoms with Crippen molar-refractivity contribution in [1.29, 1.82) is 0 Å². The first-order valence-electron chi connectivity index (χ1n) is 5.46. The Balaban J connectivity index is 3.07. The predicted octanol–water partition coefficient (Wildman–Crippen LogP) is 2.16. The molecular weight excluding hydrogens is 232 g/mol. The quantitative estimate of drug-likeness (QED) is 0.503. The molecule has 0 aliphatic rings. The first-order chi connectivity index (χ1) is 8.45. The zero-order valence-electron chi connectivity index (χ0n) is 10.9. The number of ketones is 1. The Hall–Kier alpha value is -2.17. The summed E-state index contributed by atoms with van der Waals surface area (Å²) in [7, 11) is 1.32. The highest BCUT2D eigenvalue weighted by atomic mass is 16.5. The first kappa shape index (κ1) is 13.9. The third-order valence-electron chi connectivity index (χ3n) is 2.43. The van der Waals surface area contributed by atoms with Crippen molar-refractivity contribution < 1.29 is 14.3 Å². The van der Waals surface area contributed by atoms with Crippen molar-refractivity contribution in [1.82, 2.24) is 0 Å². The number of rotatable bonds is 4. The van der Waals surface area contributed by atoms with Crippen molar-refractivity contribution in [2.75, 3.05) is 12.5 Å². The van der Waals surface area contributed by atoms with Gasteiger partial charge in [-0.05, 0) is 31.5 Å². The number of hydrazone groups is 1. The molecule has 0 unspecified atom stereocenters. The molecule has 1 N–H and O–H groups in total. The minimum Gasteiger partial charge on any atom is -0.465 e. The molecule has 0 aliphatic heterocycles. The molecular formula is C13H16N2O3. The molecule has 0 amide bonds. The van der Waals surface area contributed by atoms with Crippen LogP contribution in [0.1, 0.15) is 29.8 Å². The second kappa shape index (κ2) is 5.95. The Morgan fingerprint density at radius 1 is 1.28 bits per heavy atom. The van der Waals surface area contributed by atoms with Gasteiger partial charge in [-0.15, -0.1) is 0 Å². The minimum atomic E-state index is -0.451. The molecule has 0 fully saturated rings. The van der Waals surface area contributed by atoms with Crippen molar-refractivity contribution >= 4 is 23.2 Å². The Morgan fingerprint density at radius 2 is 1.94 bits per heavy atom. The molecule has 0 radical (unpaired) electrons. The van der Waals surface area contributed by atoms with Gasteiger partial charge < -0.3 is 4.74 Å². The topological polar surface area (TPSA) is 67.8 Å². The number of Topliss-reactive ketones (excluding diaryl/α,β-unsaturated/α-hetero) is 1. The van der Waals surface area contributed by atoms with Crippen LogP contribution in [0.2, 0.25) is 0 Å². The molecule has 0 aliphatic carbocycles. The average Bonchev–Trinajstić information content (AvgIpc) is 2.34. The van der Waals surface area contributed by atoms with Crippen LogP contribution in [0.3, 0.4) is 0 Å². The van der Waals surface area contributed by atoms with E-state index in [1.807, 2.05) is 6.92 Å². The van der Waals surface area contributed by atoms with E-state index in [1.165, 1.54) is 14.0 Å². The number of aryl methyl sites for hydroxylation is 1. The smallest absolute Gasteiger partial charge is 0.340 e. The summed E-state index contributed by atoms with van der Waals surface area (Å²) in [4.78, 5) is 22.6. The van der Waals surface area contributed by atoms with Crippen LogP contribution in [0.4, 0.5) is 5.69 Å². The van der Waals surface area contributed by atoms with Crippen molar-refractivity contribution in [2.45, 2.75) is 20.8 Å². The number of ether oxygens (including phenoxy) is 1. The van der Waals surface area contributed by atoms with Gasteiger partial charge in [0.25, 0.3) is 0 Å². The zero-order chi connectivity index (χ0) is 13.7. The molecule has 18 heavy (non-hydrogen) atoms. The van der Waals surface area contributed by atoms with Crippen LogP contribution in [-0.4, -0.2) is 24.6 Å². The van der Waals surface area contributed by atoms with Crippen LogP contribution >= 0.6 is 0 Å². The normalized spacial score (nSPS) is 11.0. The molecule has 5 nitrogen and oxygen atoms in total. The van der Waals surface area contributed by atoms with E-state index in [-0.39, 0.29) is 5.78 Å². The van der Waals surface area contributed by atoms with Gasteiger partial charge in [-0.2, -0.15) is 5.10 Å². The van der Waals surface area contributed by atoms with Gasteiger partial charge in [0.2, 0.25) is 0 Å². The van der Waals surface area contributed by atoms with Gasteiger partial charge in [0.05, 0.1) is 18.4 Å². The number of esters is 1. The van der Waals surface area contributed by atoms with Crippen LogP contribution in [-0.2, 0) is 9.53 Å². The summed E-state index contributed by atoms with van der Waals surface area (Å²) in [6, 6.07) is 5.23. The van der Waals surface area contributed by atoms with Crippen LogP contribution in [0.5, 0.6) is 0 Å². The van der Waals surface area contributed by atoms with Crippen molar-refractivity contribution in [3.8, 4) is 0 Å². The molecule has 1 rings (SSSR count). The lowest BCUT2D eigenvalue weighted by Gasteiger charge is -2.08. The number of anilines is 1. The van der Waals surface area contributed by atoms with Crippen LogP contribution in [0.15, 0.2) is 23.3 Å². The van der Waals surface area contributed by atoms with E-state index < -0.39 is 5.97 Å². The summed E-state index contributed by atoms with van der Waals surface area (Å²) < 4.78 is 4.68. The SMILES string of the molecule is COC(=O)c1ccc(C)cc1N/N=C(\C)C(C)=O. The molecule has 96 valence electrons. The fourth-order valence-electron chi connectivity index (χ4n) is 1.26. The largest absolute Gasteiger partial charge is 0.465 e. The van der Waals surface area contributed by atoms with E-state index in [4.69, 9.17) is 0 Å². The molecule has 0 bridgehead atoms. The van der Waals surface area contributed by atoms with E-state index in [0.29, 0.717) is 17.0 Å². The van der Waals surface area contributed by atoms with Gasteiger partial charge >= 0.3 is 5.97 Å². The van der Waals surface area contributed by atoms with Crippen molar-refractivity contribution in [2.24, 2.45) is 5.10 Å². The van der Waals surface area contributed by atoms with Crippen molar-refractivity contribution in [3.05, 3.63) is 29.3 Å². The third kappa shape index (κ3) is 3.41. The Bertz CT molecular complexity index is 507. The van der Waals surface area contributed by atoms with Crippen LogP contribution in [0.25, 0.3) is 0 Å². The number of nitrogens with zero attached hydrogens (tertiary/aromatic N) is 1. The average molecular weight is 248 g/mol. The lowest BCUT2D eigenvalue weighted by atomic mass is 10.1. The maximum absolute atomic E-state index is 11.5. The van der Waals surface area contributed by atoms with Gasteiger partial charge in [-0.3, -0.25) is 10.2 Å². The standard InChI is InChI=1S/C13H16N2O3/c1-8-5-6-11(13(17)18-4)12(7-8)15-14-9(2)10(3)16/h5-7,15H,1-4H3/b14-9+. The lowest BCUT2D eigenvalue weighted by molar-refractivity contribution is -0.111. The van der Waals surface area contributed by atoms with Crippen LogP contribution < -0.4 is 5.43 Å². The van der Waals surface area contributed by atoms with E-state index in [2.05, 4.69) is 15.3 Å². The second-order valence-electron chi connectivity index (χ2n) is 3.91. The number of hydrogen-bond donors (Lipinski definition) is 1. The molecule has 0 spiro atoms. The minimum absolute atomic E-state index is 0.130. The van der Waals surface area contributed by atoms with Gasteiger partial charge in [0, 0.05) is 6.92 Å². The van der Waals surface area contributed by atoms with E-state index in [1.54, 1.807) is 25.1 Å². The van der Waals surface area contributed by atoms with E-state index in [9.17, 15) is 9.59 Å². The molecule has 1 aromatic rings. The maximum Gasteiger partial charge on any atom is 0.340 e. The monoisotopic (exact) mass is 248 g/mol. The highest BCUT2D eigenvalue weighted by Crippen LogP contribution is 2.18. The number of nitrogens with one attached hydrogen (secondary N) is 1. The lowest BCUT2D eigenvalue weighted by Crippen LogP contribution is -2.10. The molecule has 5 heteroatoms.